The molecular weight excluding hydrogens is 284 g/mol. The molecule has 7 heteroatoms. The maximum atomic E-state index is 12.5. The smallest absolute Gasteiger partial charge is 0.282 e. The fourth-order valence-corrected chi connectivity index (χ4v) is 4.40. The molecule has 0 spiro atoms. The lowest BCUT2D eigenvalue weighted by Crippen LogP contribution is -2.52. The molecule has 2 atom stereocenters. The standard InChI is InChI=1S/C12H20N2O3S2/c1-10-6-14(7-11(2)17-10)19(15,16)13(3)8-12-4-5-18-9-12/h4-5,9-11H,6-8H2,1-3H3/t10-,11-/m1/s1. The van der Waals surface area contributed by atoms with E-state index in [1.54, 1.807) is 18.4 Å². The highest BCUT2D eigenvalue weighted by Crippen LogP contribution is 2.18. The summed E-state index contributed by atoms with van der Waals surface area (Å²) < 4.78 is 33.5. The third kappa shape index (κ3) is 3.55. The first-order chi connectivity index (χ1) is 8.89. The normalized spacial score (nSPS) is 25.9. The van der Waals surface area contributed by atoms with Crippen LogP contribution in [-0.2, 0) is 21.5 Å². The highest BCUT2D eigenvalue weighted by Gasteiger charge is 2.33. The van der Waals surface area contributed by atoms with Crippen molar-refractivity contribution in [3.05, 3.63) is 22.4 Å². The SMILES string of the molecule is C[C@@H]1CN(S(=O)(=O)N(C)Cc2ccsc2)C[C@@H](C)O1. The van der Waals surface area contributed by atoms with E-state index in [0.717, 1.165) is 5.56 Å². The average molecular weight is 304 g/mol. The predicted molar refractivity (Wildman–Crippen MR) is 76.3 cm³/mol. The van der Waals surface area contributed by atoms with E-state index in [4.69, 9.17) is 4.74 Å². The van der Waals surface area contributed by atoms with Crippen LogP contribution in [-0.4, -0.2) is 49.4 Å². The summed E-state index contributed by atoms with van der Waals surface area (Å²) >= 11 is 1.57. The van der Waals surface area contributed by atoms with E-state index in [1.165, 1.54) is 8.61 Å². The maximum absolute atomic E-state index is 12.5. The Balaban J connectivity index is 2.08. The van der Waals surface area contributed by atoms with Crippen molar-refractivity contribution in [2.75, 3.05) is 20.1 Å². The molecule has 108 valence electrons. The molecule has 0 bridgehead atoms. The van der Waals surface area contributed by atoms with Crippen molar-refractivity contribution in [2.45, 2.75) is 32.6 Å². The number of rotatable bonds is 4. The Bertz CT molecular complexity index is 491. The lowest BCUT2D eigenvalue weighted by atomic mass is 10.3. The van der Waals surface area contributed by atoms with Gasteiger partial charge in [-0.1, -0.05) is 0 Å². The molecule has 2 heterocycles. The summed E-state index contributed by atoms with van der Waals surface area (Å²) in [6.45, 7) is 5.04. The molecule has 5 nitrogen and oxygen atoms in total. The minimum absolute atomic E-state index is 0.0620. The third-order valence-corrected chi connectivity index (χ3v) is 5.69. The third-order valence-electron chi connectivity index (χ3n) is 3.09. The summed E-state index contributed by atoms with van der Waals surface area (Å²) in [6.07, 6.45) is -0.124. The van der Waals surface area contributed by atoms with E-state index >= 15 is 0 Å². The average Bonchev–Trinajstić information content (AvgIpc) is 2.80. The van der Waals surface area contributed by atoms with Gasteiger partial charge in [0.15, 0.2) is 0 Å². The van der Waals surface area contributed by atoms with Crippen LogP contribution in [0.15, 0.2) is 16.8 Å². The quantitative estimate of drug-likeness (QED) is 0.848. The highest BCUT2D eigenvalue weighted by molar-refractivity contribution is 7.86. The van der Waals surface area contributed by atoms with Crippen LogP contribution in [0.4, 0.5) is 0 Å². The van der Waals surface area contributed by atoms with E-state index in [0.29, 0.717) is 19.6 Å². The predicted octanol–water partition coefficient (Wildman–Crippen LogP) is 1.53. The Labute approximate surface area is 119 Å². The van der Waals surface area contributed by atoms with Gasteiger partial charge >= 0.3 is 0 Å². The van der Waals surface area contributed by atoms with E-state index in [2.05, 4.69) is 0 Å². The maximum Gasteiger partial charge on any atom is 0.282 e. The van der Waals surface area contributed by atoms with Gasteiger partial charge in [-0.05, 0) is 36.2 Å². The summed E-state index contributed by atoms with van der Waals surface area (Å²) in [7, 11) is -1.79. The second kappa shape index (κ2) is 5.88. The molecule has 19 heavy (non-hydrogen) atoms. The van der Waals surface area contributed by atoms with Crippen molar-refractivity contribution in [1.82, 2.24) is 8.61 Å². The van der Waals surface area contributed by atoms with Gasteiger partial charge in [0.2, 0.25) is 0 Å². The Morgan fingerprint density at radius 2 is 2.05 bits per heavy atom. The first-order valence-electron chi connectivity index (χ1n) is 6.27. The molecule has 1 aliphatic heterocycles. The van der Waals surface area contributed by atoms with Gasteiger partial charge in [0, 0.05) is 26.7 Å². The molecule has 1 aromatic rings. The molecule has 0 radical (unpaired) electrons. The van der Waals surface area contributed by atoms with Crippen molar-refractivity contribution in [3.8, 4) is 0 Å². The van der Waals surface area contributed by atoms with Gasteiger partial charge in [0.05, 0.1) is 12.2 Å². The minimum Gasteiger partial charge on any atom is -0.373 e. The number of hydrogen-bond acceptors (Lipinski definition) is 4. The summed E-state index contributed by atoms with van der Waals surface area (Å²) in [5.74, 6) is 0. The fraction of sp³-hybridized carbons (Fsp3) is 0.667. The monoisotopic (exact) mass is 304 g/mol. The Kier molecular flexibility index (Phi) is 4.62. The van der Waals surface area contributed by atoms with E-state index in [1.807, 2.05) is 30.7 Å². The molecule has 1 aliphatic rings. The molecule has 0 saturated carbocycles. The number of morpholine rings is 1. The molecule has 0 N–H and O–H groups in total. The van der Waals surface area contributed by atoms with Crippen LogP contribution in [0.2, 0.25) is 0 Å². The first kappa shape index (κ1) is 14.9. The zero-order chi connectivity index (χ0) is 14.0. The molecular formula is C12H20N2O3S2. The second-order valence-electron chi connectivity index (χ2n) is 4.97. The van der Waals surface area contributed by atoms with Crippen LogP contribution in [0.25, 0.3) is 0 Å². The van der Waals surface area contributed by atoms with Crippen LogP contribution in [0.3, 0.4) is 0 Å². The van der Waals surface area contributed by atoms with Crippen LogP contribution in [0.1, 0.15) is 19.4 Å². The summed E-state index contributed by atoms with van der Waals surface area (Å²) in [5.41, 5.74) is 1.02. The number of thiophene rings is 1. The van der Waals surface area contributed by atoms with Gasteiger partial charge in [-0.3, -0.25) is 0 Å². The largest absolute Gasteiger partial charge is 0.373 e. The molecule has 0 unspecified atom stereocenters. The number of hydrogen-bond donors (Lipinski definition) is 0. The van der Waals surface area contributed by atoms with E-state index < -0.39 is 10.2 Å². The van der Waals surface area contributed by atoms with Gasteiger partial charge < -0.3 is 4.74 Å². The number of nitrogens with zero attached hydrogens (tertiary/aromatic N) is 2. The molecule has 1 saturated heterocycles. The zero-order valence-corrected chi connectivity index (χ0v) is 13.1. The lowest BCUT2D eigenvalue weighted by molar-refractivity contribution is -0.0453. The molecule has 0 aliphatic carbocycles. The minimum atomic E-state index is -3.41. The summed E-state index contributed by atoms with van der Waals surface area (Å²) in [6, 6.07) is 1.95. The Morgan fingerprint density at radius 1 is 1.42 bits per heavy atom. The van der Waals surface area contributed by atoms with E-state index in [-0.39, 0.29) is 12.2 Å². The van der Waals surface area contributed by atoms with Crippen LogP contribution in [0, 0.1) is 0 Å². The Hall–Kier alpha value is -0.470. The zero-order valence-electron chi connectivity index (χ0n) is 11.4. The highest BCUT2D eigenvalue weighted by atomic mass is 32.2. The molecule has 1 aromatic heterocycles. The topological polar surface area (TPSA) is 49.9 Å². The summed E-state index contributed by atoms with van der Waals surface area (Å²) in [5, 5.41) is 3.92. The van der Waals surface area contributed by atoms with Gasteiger partial charge in [-0.2, -0.15) is 28.4 Å². The lowest BCUT2D eigenvalue weighted by Gasteiger charge is -2.36. The molecule has 0 amide bonds. The van der Waals surface area contributed by atoms with Gasteiger partial charge in [-0.25, -0.2) is 0 Å². The molecule has 0 aromatic carbocycles. The van der Waals surface area contributed by atoms with Crippen molar-refractivity contribution < 1.29 is 13.2 Å². The van der Waals surface area contributed by atoms with Crippen molar-refractivity contribution in [1.29, 1.82) is 0 Å². The Morgan fingerprint density at radius 3 is 2.58 bits per heavy atom. The second-order valence-corrected chi connectivity index (χ2v) is 7.79. The van der Waals surface area contributed by atoms with Gasteiger partial charge in [-0.15, -0.1) is 0 Å². The van der Waals surface area contributed by atoms with E-state index in [9.17, 15) is 8.42 Å². The summed E-state index contributed by atoms with van der Waals surface area (Å²) in [4.78, 5) is 0. The number of ether oxygens (including phenoxy) is 1. The van der Waals surface area contributed by atoms with Crippen LogP contribution in [0.5, 0.6) is 0 Å². The van der Waals surface area contributed by atoms with Crippen LogP contribution < -0.4 is 0 Å². The van der Waals surface area contributed by atoms with Crippen molar-refractivity contribution >= 4 is 21.5 Å². The van der Waals surface area contributed by atoms with Crippen LogP contribution >= 0.6 is 11.3 Å². The van der Waals surface area contributed by atoms with Crippen molar-refractivity contribution in [2.24, 2.45) is 0 Å². The first-order valence-corrected chi connectivity index (χ1v) is 8.61. The van der Waals surface area contributed by atoms with Gasteiger partial charge in [0.1, 0.15) is 0 Å². The van der Waals surface area contributed by atoms with Gasteiger partial charge in [0.25, 0.3) is 10.2 Å². The fourth-order valence-electron chi connectivity index (χ4n) is 2.24. The molecule has 2 rings (SSSR count). The molecule has 1 fully saturated rings. The van der Waals surface area contributed by atoms with Crippen molar-refractivity contribution in [3.63, 3.8) is 0 Å².